The van der Waals surface area contributed by atoms with E-state index in [1.165, 1.54) is 0 Å². The van der Waals surface area contributed by atoms with Gasteiger partial charge >= 0.3 is 0 Å². The highest BCUT2D eigenvalue weighted by Gasteiger charge is 2.35. The van der Waals surface area contributed by atoms with E-state index in [9.17, 15) is 9.90 Å². The van der Waals surface area contributed by atoms with Crippen LogP contribution in [0.2, 0.25) is 0 Å². The Hall–Kier alpha value is -1.88. The molecule has 5 heteroatoms. The van der Waals surface area contributed by atoms with Gasteiger partial charge in [-0.15, -0.1) is 0 Å². The largest absolute Gasteiger partial charge is 0.394 e. The molecule has 1 aromatic heterocycles. The standard InChI is InChI=1S/C16H21N3O2/c1-12(15(21)18-16(10-20)8-4-5-9-16)19-11-17-13-6-2-3-7-14(13)19/h2-3,6-7,11-12,20H,4-5,8-10H2,1H3,(H,18,21). The van der Waals surface area contributed by atoms with Crippen LogP contribution in [0, 0.1) is 0 Å². The molecule has 1 aliphatic carbocycles. The molecule has 3 rings (SSSR count). The smallest absolute Gasteiger partial charge is 0.243 e. The van der Waals surface area contributed by atoms with Gasteiger partial charge in [-0.3, -0.25) is 4.79 Å². The Morgan fingerprint density at radius 3 is 2.86 bits per heavy atom. The highest BCUT2D eigenvalue weighted by Crippen LogP contribution is 2.30. The van der Waals surface area contributed by atoms with E-state index in [-0.39, 0.29) is 18.6 Å². The molecule has 0 bridgehead atoms. The molecule has 5 nitrogen and oxygen atoms in total. The fourth-order valence-corrected chi connectivity index (χ4v) is 3.15. The van der Waals surface area contributed by atoms with E-state index in [1.54, 1.807) is 6.33 Å². The van der Waals surface area contributed by atoms with E-state index >= 15 is 0 Å². The molecule has 1 unspecified atom stereocenters. The van der Waals surface area contributed by atoms with Gasteiger partial charge in [0.2, 0.25) is 5.91 Å². The van der Waals surface area contributed by atoms with Crippen LogP contribution >= 0.6 is 0 Å². The van der Waals surface area contributed by atoms with Crippen molar-refractivity contribution < 1.29 is 9.90 Å². The van der Waals surface area contributed by atoms with Crippen molar-refractivity contribution in [2.24, 2.45) is 0 Å². The number of rotatable bonds is 4. The molecule has 1 saturated carbocycles. The van der Waals surface area contributed by atoms with Crippen molar-refractivity contribution in [1.82, 2.24) is 14.9 Å². The second kappa shape index (κ2) is 5.48. The molecule has 0 radical (unpaired) electrons. The molecule has 0 aliphatic heterocycles. The lowest BCUT2D eigenvalue weighted by Crippen LogP contribution is -2.51. The zero-order valence-electron chi connectivity index (χ0n) is 12.2. The molecule has 1 atom stereocenters. The van der Waals surface area contributed by atoms with Crippen LogP contribution in [0.1, 0.15) is 38.6 Å². The lowest BCUT2D eigenvalue weighted by Gasteiger charge is -2.29. The number of hydrogen-bond donors (Lipinski definition) is 2. The van der Waals surface area contributed by atoms with Crippen molar-refractivity contribution in [3.05, 3.63) is 30.6 Å². The van der Waals surface area contributed by atoms with Crippen LogP contribution in [0.4, 0.5) is 0 Å². The maximum absolute atomic E-state index is 12.5. The molecule has 1 heterocycles. The molecule has 0 saturated heterocycles. The van der Waals surface area contributed by atoms with Crippen molar-refractivity contribution in [2.45, 2.75) is 44.2 Å². The number of fused-ring (bicyclic) bond motifs is 1. The summed E-state index contributed by atoms with van der Waals surface area (Å²) in [5.74, 6) is -0.0610. The zero-order valence-corrected chi connectivity index (χ0v) is 12.2. The maximum atomic E-state index is 12.5. The van der Waals surface area contributed by atoms with Crippen LogP contribution in [0.25, 0.3) is 11.0 Å². The first-order valence-corrected chi connectivity index (χ1v) is 7.50. The molecule has 0 spiro atoms. The topological polar surface area (TPSA) is 67.2 Å². The van der Waals surface area contributed by atoms with Crippen LogP contribution in [0.15, 0.2) is 30.6 Å². The van der Waals surface area contributed by atoms with Gasteiger partial charge < -0.3 is 15.0 Å². The van der Waals surface area contributed by atoms with E-state index in [1.807, 2.05) is 35.8 Å². The molecule has 2 N–H and O–H groups in total. The minimum absolute atomic E-state index is 0.0101. The van der Waals surface area contributed by atoms with Crippen molar-refractivity contribution >= 4 is 16.9 Å². The Labute approximate surface area is 124 Å². The highest BCUT2D eigenvalue weighted by molar-refractivity contribution is 5.84. The summed E-state index contributed by atoms with van der Waals surface area (Å²) in [7, 11) is 0. The average molecular weight is 287 g/mol. The third-order valence-corrected chi connectivity index (χ3v) is 4.53. The molecule has 1 aromatic carbocycles. The minimum atomic E-state index is -0.429. The summed E-state index contributed by atoms with van der Waals surface area (Å²) in [5.41, 5.74) is 1.40. The molecular weight excluding hydrogens is 266 g/mol. The normalized spacial score (nSPS) is 18.8. The van der Waals surface area contributed by atoms with Crippen molar-refractivity contribution in [2.75, 3.05) is 6.61 Å². The van der Waals surface area contributed by atoms with Gasteiger partial charge in [-0.2, -0.15) is 0 Å². The molecule has 2 aromatic rings. The number of carbonyl (C=O) groups is 1. The van der Waals surface area contributed by atoms with Gasteiger partial charge in [0.25, 0.3) is 0 Å². The number of nitrogens with one attached hydrogen (secondary N) is 1. The number of nitrogens with zero attached hydrogens (tertiary/aromatic N) is 2. The van der Waals surface area contributed by atoms with E-state index in [0.717, 1.165) is 36.7 Å². The van der Waals surface area contributed by atoms with Crippen LogP contribution in [-0.4, -0.2) is 32.7 Å². The SMILES string of the molecule is CC(C(=O)NC1(CO)CCCC1)n1cnc2ccccc21. The number of benzene rings is 1. The first kappa shape index (κ1) is 14.1. The Bertz CT molecular complexity index is 644. The third-order valence-electron chi connectivity index (χ3n) is 4.53. The summed E-state index contributed by atoms with van der Waals surface area (Å²) in [5, 5.41) is 12.7. The second-order valence-corrected chi connectivity index (χ2v) is 5.95. The van der Waals surface area contributed by atoms with Crippen LogP contribution in [0.3, 0.4) is 0 Å². The number of imidazole rings is 1. The van der Waals surface area contributed by atoms with Gasteiger partial charge in [-0.1, -0.05) is 25.0 Å². The summed E-state index contributed by atoms with van der Waals surface area (Å²) < 4.78 is 1.88. The lowest BCUT2D eigenvalue weighted by molar-refractivity contribution is -0.126. The lowest BCUT2D eigenvalue weighted by atomic mass is 9.98. The van der Waals surface area contributed by atoms with E-state index in [2.05, 4.69) is 10.3 Å². The van der Waals surface area contributed by atoms with Crippen molar-refractivity contribution in [1.29, 1.82) is 0 Å². The van der Waals surface area contributed by atoms with Crippen LogP contribution < -0.4 is 5.32 Å². The van der Waals surface area contributed by atoms with Gasteiger partial charge in [0.05, 0.1) is 29.5 Å². The summed E-state index contributed by atoms with van der Waals surface area (Å²) in [6.07, 6.45) is 5.53. The van der Waals surface area contributed by atoms with Crippen LogP contribution in [-0.2, 0) is 4.79 Å². The second-order valence-electron chi connectivity index (χ2n) is 5.95. The number of para-hydroxylation sites is 2. The summed E-state index contributed by atoms with van der Waals surface area (Å²) in [6.45, 7) is 1.87. The van der Waals surface area contributed by atoms with E-state index < -0.39 is 5.54 Å². The van der Waals surface area contributed by atoms with Gasteiger partial charge in [0.1, 0.15) is 6.04 Å². The molecule has 21 heavy (non-hydrogen) atoms. The van der Waals surface area contributed by atoms with Crippen molar-refractivity contribution in [3.8, 4) is 0 Å². The summed E-state index contributed by atoms with van der Waals surface area (Å²) >= 11 is 0. The summed E-state index contributed by atoms with van der Waals surface area (Å²) in [6, 6.07) is 7.43. The van der Waals surface area contributed by atoms with E-state index in [0.29, 0.717) is 0 Å². The number of aliphatic hydroxyl groups excluding tert-OH is 1. The number of amides is 1. The Morgan fingerprint density at radius 2 is 2.14 bits per heavy atom. The Morgan fingerprint density at radius 1 is 1.43 bits per heavy atom. The van der Waals surface area contributed by atoms with E-state index in [4.69, 9.17) is 0 Å². The van der Waals surface area contributed by atoms with Gasteiger partial charge in [-0.25, -0.2) is 4.98 Å². The zero-order chi connectivity index (χ0) is 14.9. The average Bonchev–Trinajstić information content (AvgIpc) is 3.13. The minimum Gasteiger partial charge on any atom is -0.394 e. The quantitative estimate of drug-likeness (QED) is 0.904. The first-order valence-electron chi connectivity index (χ1n) is 7.50. The number of aliphatic hydroxyl groups is 1. The van der Waals surface area contributed by atoms with Crippen molar-refractivity contribution in [3.63, 3.8) is 0 Å². The van der Waals surface area contributed by atoms with Gasteiger partial charge in [0, 0.05) is 0 Å². The van der Waals surface area contributed by atoms with Gasteiger partial charge in [0.15, 0.2) is 0 Å². The predicted molar refractivity (Wildman–Crippen MR) is 80.9 cm³/mol. The maximum Gasteiger partial charge on any atom is 0.243 e. The number of carbonyl (C=O) groups excluding carboxylic acids is 1. The molecule has 112 valence electrons. The Kier molecular flexibility index (Phi) is 3.68. The fourth-order valence-electron chi connectivity index (χ4n) is 3.15. The molecule has 1 fully saturated rings. The third kappa shape index (κ3) is 2.53. The number of hydrogen-bond acceptors (Lipinski definition) is 3. The predicted octanol–water partition coefficient (Wildman–Crippen LogP) is 2.02. The first-order chi connectivity index (χ1) is 10.2. The Balaban J connectivity index is 1.81. The molecule has 1 amide bonds. The van der Waals surface area contributed by atoms with Crippen LogP contribution in [0.5, 0.6) is 0 Å². The number of aromatic nitrogens is 2. The molecule has 1 aliphatic rings. The monoisotopic (exact) mass is 287 g/mol. The highest BCUT2D eigenvalue weighted by atomic mass is 16.3. The van der Waals surface area contributed by atoms with Gasteiger partial charge in [-0.05, 0) is 31.9 Å². The summed E-state index contributed by atoms with van der Waals surface area (Å²) in [4.78, 5) is 16.9. The fraction of sp³-hybridized carbons (Fsp3) is 0.500. The molecular formula is C16H21N3O2.